The van der Waals surface area contributed by atoms with E-state index in [9.17, 15) is 4.79 Å². The summed E-state index contributed by atoms with van der Waals surface area (Å²) in [5.41, 5.74) is 0. The highest BCUT2D eigenvalue weighted by Crippen LogP contribution is 2.37. The maximum absolute atomic E-state index is 11.2. The Morgan fingerprint density at radius 1 is 1.67 bits per heavy atom. The maximum atomic E-state index is 11.2. The fourth-order valence-electron chi connectivity index (χ4n) is 1.98. The van der Waals surface area contributed by atoms with Crippen LogP contribution >= 0.6 is 22.9 Å². The Morgan fingerprint density at radius 2 is 2.40 bits per heavy atom. The largest absolute Gasteiger partial charge is 0.306 e. The highest BCUT2D eigenvalue weighted by Gasteiger charge is 2.25. The van der Waals surface area contributed by atoms with Crippen molar-refractivity contribution in [2.24, 2.45) is 0 Å². The zero-order chi connectivity index (χ0) is 11.0. The molecule has 1 fully saturated rings. The SMILES string of the molecule is CC(=O)c1cc(Cl)c(C2CCN(C)C2)s1. The van der Waals surface area contributed by atoms with Crippen molar-refractivity contribution in [1.29, 1.82) is 0 Å². The van der Waals surface area contributed by atoms with E-state index < -0.39 is 0 Å². The summed E-state index contributed by atoms with van der Waals surface area (Å²) in [4.78, 5) is 15.5. The lowest BCUT2D eigenvalue weighted by molar-refractivity contribution is 0.102. The number of likely N-dealkylation sites (N-methyl/N-ethyl adjacent to an activating group) is 1. The van der Waals surface area contributed by atoms with Crippen LogP contribution in [0.2, 0.25) is 5.02 Å². The molecule has 1 saturated heterocycles. The quantitative estimate of drug-likeness (QED) is 0.745. The first-order valence-electron chi connectivity index (χ1n) is 5.06. The molecule has 1 aromatic rings. The molecule has 1 aliphatic heterocycles. The van der Waals surface area contributed by atoms with Gasteiger partial charge in [-0.2, -0.15) is 0 Å². The number of carbonyl (C=O) groups is 1. The van der Waals surface area contributed by atoms with Gasteiger partial charge in [0, 0.05) is 17.3 Å². The third-order valence-electron chi connectivity index (χ3n) is 2.82. The molecule has 1 atom stereocenters. The van der Waals surface area contributed by atoms with Gasteiger partial charge in [-0.15, -0.1) is 11.3 Å². The molecular weight excluding hydrogens is 230 g/mol. The predicted octanol–water partition coefficient (Wildman–Crippen LogP) is 3.02. The summed E-state index contributed by atoms with van der Waals surface area (Å²) in [7, 11) is 2.12. The van der Waals surface area contributed by atoms with Gasteiger partial charge in [0.05, 0.1) is 9.90 Å². The zero-order valence-electron chi connectivity index (χ0n) is 8.92. The number of rotatable bonds is 2. The summed E-state index contributed by atoms with van der Waals surface area (Å²) in [6, 6.07) is 1.81. The van der Waals surface area contributed by atoms with Gasteiger partial charge in [-0.05, 0) is 33.0 Å². The number of halogens is 1. The molecule has 4 heteroatoms. The van der Waals surface area contributed by atoms with Crippen molar-refractivity contribution in [2.45, 2.75) is 19.3 Å². The Hall–Kier alpha value is -0.380. The van der Waals surface area contributed by atoms with E-state index in [1.54, 1.807) is 18.3 Å². The molecule has 0 amide bonds. The molecule has 1 unspecified atom stereocenters. The van der Waals surface area contributed by atoms with E-state index >= 15 is 0 Å². The Balaban J connectivity index is 2.24. The van der Waals surface area contributed by atoms with Crippen molar-refractivity contribution in [3.05, 3.63) is 20.8 Å². The zero-order valence-corrected chi connectivity index (χ0v) is 10.5. The number of thiophene rings is 1. The number of likely N-dealkylation sites (tertiary alicyclic amines) is 1. The molecular formula is C11H14ClNOS. The number of ketones is 1. The van der Waals surface area contributed by atoms with Gasteiger partial charge in [-0.1, -0.05) is 11.6 Å². The fourth-order valence-corrected chi connectivity index (χ4v) is 3.50. The first kappa shape index (κ1) is 11.1. The van der Waals surface area contributed by atoms with Crippen molar-refractivity contribution in [1.82, 2.24) is 4.90 Å². The third kappa shape index (κ3) is 2.25. The van der Waals surface area contributed by atoms with Crippen molar-refractivity contribution >= 4 is 28.7 Å². The molecule has 0 bridgehead atoms. The van der Waals surface area contributed by atoms with E-state index in [4.69, 9.17) is 11.6 Å². The molecule has 0 saturated carbocycles. The molecule has 0 radical (unpaired) electrons. The van der Waals surface area contributed by atoms with Crippen molar-refractivity contribution in [2.75, 3.05) is 20.1 Å². The smallest absolute Gasteiger partial charge is 0.169 e. The van der Waals surface area contributed by atoms with E-state index in [1.807, 2.05) is 6.07 Å². The van der Waals surface area contributed by atoms with E-state index in [0.29, 0.717) is 5.92 Å². The number of carbonyl (C=O) groups excluding carboxylic acids is 1. The van der Waals surface area contributed by atoms with Crippen LogP contribution < -0.4 is 0 Å². The molecule has 1 aromatic heterocycles. The van der Waals surface area contributed by atoms with Crippen LogP contribution in [0.15, 0.2) is 6.07 Å². The Bertz CT molecular complexity index is 388. The Morgan fingerprint density at radius 3 is 2.87 bits per heavy atom. The van der Waals surface area contributed by atoms with E-state index in [0.717, 1.165) is 29.4 Å². The minimum Gasteiger partial charge on any atom is -0.306 e. The first-order chi connectivity index (χ1) is 7.08. The standard InChI is InChI=1S/C11H14ClNOS/c1-7(14)10-5-9(12)11(15-10)8-3-4-13(2)6-8/h5,8H,3-4,6H2,1-2H3. The first-order valence-corrected chi connectivity index (χ1v) is 6.26. The highest BCUT2D eigenvalue weighted by atomic mass is 35.5. The molecule has 2 heterocycles. The number of nitrogens with zero attached hydrogens (tertiary/aromatic N) is 1. The minimum atomic E-state index is 0.111. The summed E-state index contributed by atoms with van der Waals surface area (Å²) in [6.45, 7) is 3.76. The minimum absolute atomic E-state index is 0.111. The predicted molar refractivity (Wildman–Crippen MR) is 64.2 cm³/mol. The second-order valence-electron chi connectivity index (χ2n) is 4.13. The third-order valence-corrected chi connectivity index (χ3v) is 4.65. The average Bonchev–Trinajstić information content (AvgIpc) is 2.71. The van der Waals surface area contributed by atoms with Crippen LogP contribution in [-0.2, 0) is 0 Å². The fraction of sp³-hybridized carbons (Fsp3) is 0.545. The van der Waals surface area contributed by atoms with Crippen molar-refractivity contribution < 1.29 is 4.79 Å². The lowest BCUT2D eigenvalue weighted by Gasteiger charge is -2.08. The lowest BCUT2D eigenvalue weighted by atomic mass is 10.1. The summed E-state index contributed by atoms with van der Waals surface area (Å²) in [5, 5.41) is 0.769. The van der Waals surface area contributed by atoms with Gasteiger partial charge in [-0.3, -0.25) is 4.79 Å². The molecule has 0 aliphatic carbocycles. The van der Waals surface area contributed by atoms with Gasteiger partial charge in [0.2, 0.25) is 0 Å². The van der Waals surface area contributed by atoms with Crippen LogP contribution in [0.5, 0.6) is 0 Å². The normalized spacial score (nSPS) is 22.2. The second-order valence-corrected chi connectivity index (χ2v) is 5.62. The Kier molecular flexibility index (Phi) is 3.14. The monoisotopic (exact) mass is 243 g/mol. The van der Waals surface area contributed by atoms with E-state index in [1.165, 1.54) is 4.88 Å². The van der Waals surface area contributed by atoms with Crippen LogP contribution in [-0.4, -0.2) is 30.8 Å². The van der Waals surface area contributed by atoms with Gasteiger partial charge >= 0.3 is 0 Å². The van der Waals surface area contributed by atoms with Gasteiger partial charge in [-0.25, -0.2) is 0 Å². The van der Waals surface area contributed by atoms with Crippen LogP contribution in [0, 0.1) is 0 Å². The highest BCUT2D eigenvalue weighted by molar-refractivity contribution is 7.14. The number of hydrogen-bond donors (Lipinski definition) is 0. The summed E-state index contributed by atoms with van der Waals surface area (Å²) in [5.74, 6) is 0.625. The second kappa shape index (κ2) is 4.24. The van der Waals surface area contributed by atoms with Gasteiger partial charge in [0.1, 0.15) is 0 Å². The Labute approximate surface area is 98.8 Å². The molecule has 82 valence electrons. The summed E-state index contributed by atoms with van der Waals surface area (Å²) >= 11 is 7.72. The molecule has 1 aliphatic rings. The van der Waals surface area contributed by atoms with Gasteiger partial charge < -0.3 is 4.90 Å². The molecule has 2 rings (SSSR count). The summed E-state index contributed by atoms with van der Waals surface area (Å²) in [6.07, 6.45) is 1.15. The number of Topliss-reactive ketones (excluding diaryl/α,β-unsaturated/α-hetero) is 1. The molecule has 0 spiro atoms. The maximum Gasteiger partial charge on any atom is 0.169 e. The number of hydrogen-bond acceptors (Lipinski definition) is 3. The molecule has 2 nitrogen and oxygen atoms in total. The molecule has 0 aromatic carbocycles. The van der Waals surface area contributed by atoms with E-state index in [-0.39, 0.29) is 5.78 Å². The molecule has 15 heavy (non-hydrogen) atoms. The topological polar surface area (TPSA) is 20.3 Å². The van der Waals surface area contributed by atoms with Crippen LogP contribution in [0.25, 0.3) is 0 Å². The van der Waals surface area contributed by atoms with Gasteiger partial charge in [0.15, 0.2) is 5.78 Å². The molecule has 0 N–H and O–H groups in total. The average molecular weight is 244 g/mol. The van der Waals surface area contributed by atoms with Crippen molar-refractivity contribution in [3.63, 3.8) is 0 Å². The van der Waals surface area contributed by atoms with Crippen LogP contribution in [0.1, 0.15) is 33.8 Å². The summed E-state index contributed by atoms with van der Waals surface area (Å²) < 4.78 is 0. The van der Waals surface area contributed by atoms with Crippen LogP contribution in [0.4, 0.5) is 0 Å². The van der Waals surface area contributed by atoms with Crippen molar-refractivity contribution in [3.8, 4) is 0 Å². The van der Waals surface area contributed by atoms with Crippen LogP contribution in [0.3, 0.4) is 0 Å². The lowest BCUT2D eigenvalue weighted by Crippen LogP contribution is -2.13. The van der Waals surface area contributed by atoms with E-state index in [2.05, 4.69) is 11.9 Å². The van der Waals surface area contributed by atoms with Gasteiger partial charge in [0.25, 0.3) is 0 Å².